The number of nitrogens with zero attached hydrogens (tertiary/aromatic N) is 2. The molecule has 1 aromatic carbocycles. The number of thioether (sulfide) groups is 1. The first-order valence-corrected chi connectivity index (χ1v) is 8.18. The van der Waals surface area contributed by atoms with Gasteiger partial charge in [0.1, 0.15) is 5.82 Å². The Hall–Kier alpha value is -2.62. The maximum atomic E-state index is 13.4. The van der Waals surface area contributed by atoms with E-state index in [4.69, 9.17) is 0 Å². The van der Waals surface area contributed by atoms with Gasteiger partial charge in [-0.05, 0) is 25.0 Å². The molecule has 1 aromatic heterocycles. The fraction of sp³-hybridized carbons (Fsp3) is 0.286. The fourth-order valence-electron chi connectivity index (χ4n) is 2.05. The zero-order valence-electron chi connectivity index (χ0n) is 12.4. The van der Waals surface area contributed by atoms with Gasteiger partial charge in [0.25, 0.3) is 5.91 Å². The van der Waals surface area contributed by atoms with E-state index >= 15 is 0 Å². The van der Waals surface area contributed by atoms with Crippen molar-refractivity contribution in [3.05, 3.63) is 46.1 Å². The van der Waals surface area contributed by atoms with E-state index in [1.165, 1.54) is 22.8 Å². The first kappa shape index (κ1) is 16.2. The molecule has 1 aliphatic carbocycles. The molecule has 126 valence electrons. The Morgan fingerprint density at radius 2 is 2.08 bits per heavy atom. The molecule has 1 heterocycles. The second-order valence-electron chi connectivity index (χ2n) is 5.18. The molecule has 0 atom stereocenters. The van der Waals surface area contributed by atoms with Crippen molar-refractivity contribution in [2.45, 2.75) is 24.0 Å². The fourth-order valence-corrected chi connectivity index (χ4v) is 2.87. The highest BCUT2D eigenvalue weighted by atomic mass is 32.2. The van der Waals surface area contributed by atoms with E-state index in [9.17, 15) is 18.8 Å². The highest BCUT2D eigenvalue weighted by molar-refractivity contribution is 7.99. The topological polar surface area (TPSA) is 109 Å². The predicted molar refractivity (Wildman–Crippen MR) is 83.9 cm³/mol. The van der Waals surface area contributed by atoms with E-state index in [0.717, 1.165) is 30.7 Å². The number of halogens is 1. The van der Waals surface area contributed by atoms with E-state index in [0.29, 0.717) is 5.16 Å². The summed E-state index contributed by atoms with van der Waals surface area (Å²) in [4.78, 5) is 35.1. The Bertz CT molecular complexity index is 830. The van der Waals surface area contributed by atoms with Gasteiger partial charge >= 0.3 is 5.69 Å². The molecule has 3 N–H and O–H groups in total. The van der Waals surface area contributed by atoms with E-state index in [-0.39, 0.29) is 23.0 Å². The minimum absolute atomic E-state index is 0.0471. The van der Waals surface area contributed by atoms with Crippen molar-refractivity contribution in [3.8, 4) is 0 Å². The molecule has 0 radical (unpaired) electrons. The van der Waals surface area contributed by atoms with Crippen molar-refractivity contribution in [3.63, 3.8) is 0 Å². The summed E-state index contributed by atoms with van der Waals surface area (Å²) in [6.45, 7) is 0. The van der Waals surface area contributed by atoms with Gasteiger partial charge in [-0.15, -0.1) is 5.10 Å². The Labute approximate surface area is 139 Å². The Morgan fingerprint density at radius 3 is 2.79 bits per heavy atom. The molecule has 1 saturated carbocycles. The lowest BCUT2D eigenvalue weighted by Crippen LogP contribution is -2.42. The minimum Gasteiger partial charge on any atom is -0.272 e. The van der Waals surface area contributed by atoms with Crippen LogP contribution in [0.4, 0.5) is 4.39 Å². The molecule has 1 fully saturated rings. The van der Waals surface area contributed by atoms with Gasteiger partial charge in [0.2, 0.25) is 5.91 Å². The van der Waals surface area contributed by atoms with Crippen molar-refractivity contribution >= 4 is 23.6 Å². The summed E-state index contributed by atoms with van der Waals surface area (Å²) in [6, 6.07) is 5.59. The van der Waals surface area contributed by atoms with Crippen LogP contribution in [0, 0.1) is 5.82 Å². The number of rotatable bonds is 5. The van der Waals surface area contributed by atoms with E-state index < -0.39 is 17.6 Å². The zero-order chi connectivity index (χ0) is 17.1. The van der Waals surface area contributed by atoms with Gasteiger partial charge in [0.05, 0.1) is 11.3 Å². The summed E-state index contributed by atoms with van der Waals surface area (Å²) in [5.74, 6) is -1.97. The summed E-state index contributed by atoms with van der Waals surface area (Å²) in [7, 11) is 0. The standard InChI is InChI=1S/C14H14FN5O3S/c15-10-4-2-1-3-9(10)12(22)17-16-11(21)7-24-14-19-18-13(23)20(14)8-5-6-8/h1-4,8H,5-7H2,(H,16,21)(H,17,22)(H,18,23). The predicted octanol–water partition coefficient (Wildman–Crippen LogP) is 0.599. The number of hydrogen-bond donors (Lipinski definition) is 3. The summed E-state index contributed by atoms with van der Waals surface area (Å²) in [5.41, 5.74) is 3.88. The number of aromatic amines is 1. The second kappa shape index (κ2) is 6.87. The maximum Gasteiger partial charge on any atom is 0.344 e. The monoisotopic (exact) mass is 351 g/mol. The largest absolute Gasteiger partial charge is 0.344 e. The molecule has 24 heavy (non-hydrogen) atoms. The van der Waals surface area contributed by atoms with Crippen LogP contribution in [0.15, 0.2) is 34.2 Å². The molecule has 0 bridgehead atoms. The van der Waals surface area contributed by atoms with E-state index in [1.54, 1.807) is 0 Å². The third-order valence-corrected chi connectivity index (χ3v) is 4.30. The molecular formula is C14H14FN5O3S. The number of hydrogen-bond acceptors (Lipinski definition) is 5. The molecule has 0 saturated heterocycles. The van der Waals surface area contributed by atoms with Crippen LogP contribution >= 0.6 is 11.8 Å². The minimum atomic E-state index is -0.749. The highest BCUT2D eigenvalue weighted by Gasteiger charge is 2.28. The van der Waals surface area contributed by atoms with E-state index in [1.807, 2.05) is 0 Å². The number of carbonyl (C=O) groups is 2. The number of carbonyl (C=O) groups excluding carboxylic acids is 2. The lowest BCUT2D eigenvalue weighted by Gasteiger charge is -2.08. The first-order chi connectivity index (χ1) is 11.6. The van der Waals surface area contributed by atoms with E-state index in [2.05, 4.69) is 21.0 Å². The number of benzene rings is 1. The normalized spacial score (nSPS) is 13.5. The van der Waals surface area contributed by atoms with Gasteiger partial charge in [0.15, 0.2) is 5.16 Å². The summed E-state index contributed by atoms with van der Waals surface area (Å²) in [5, 5.41) is 6.66. The van der Waals surface area contributed by atoms with Gasteiger partial charge in [-0.2, -0.15) is 0 Å². The summed E-state index contributed by atoms with van der Waals surface area (Å²) in [6.07, 6.45) is 1.83. The van der Waals surface area contributed by atoms with Crippen molar-refractivity contribution in [1.29, 1.82) is 0 Å². The molecule has 0 spiro atoms. The molecule has 1 aliphatic rings. The Kier molecular flexibility index (Phi) is 4.65. The van der Waals surface area contributed by atoms with Crippen LogP contribution in [0.5, 0.6) is 0 Å². The van der Waals surface area contributed by atoms with Gasteiger partial charge in [-0.1, -0.05) is 23.9 Å². The van der Waals surface area contributed by atoms with Crippen LogP contribution < -0.4 is 16.5 Å². The lowest BCUT2D eigenvalue weighted by atomic mass is 10.2. The summed E-state index contributed by atoms with van der Waals surface area (Å²) >= 11 is 1.08. The van der Waals surface area contributed by atoms with Crippen LogP contribution in [0.2, 0.25) is 0 Å². The number of hydrazine groups is 1. The smallest absolute Gasteiger partial charge is 0.272 e. The number of amides is 2. The Morgan fingerprint density at radius 1 is 1.33 bits per heavy atom. The van der Waals surface area contributed by atoms with Gasteiger partial charge in [-0.3, -0.25) is 25.0 Å². The Balaban J connectivity index is 1.51. The van der Waals surface area contributed by atoms with Crippen LogP contribution in [0.1, 0.15) is 29.2 Å². The molecule has 10 heteroatoms. The average molecular weight is 351 g/mol. The molecule has 0 aliphatic heterocycles. The molecule has 3 rings (SSSR count). The summed E-state index contributed by atoms with van der Waals surface area (Å²) < 4.78 is 15.0. The van der Waals surface area contributed by atoms with Crippen molar-refractivity contribution in [2.75, 3.05) is 5.75 Å². The highest BCUT2D eigenvalue weighted by Crippen LogP contribution is 2.35. The molecule has 2 aromatic rings. The van der Waals surface area contributed by atoms with Crippen LogP contribution in [0.3, 0.4) is 0 Å². The lowest BCUT2D eigenvalue weighted by molar-refractivity contribution is -0.119. The third kappa shape index (κ3) is 3.65. The SMILES string of the molecule is O=C(CSc1n[nH]c(=O)n1C1CC1)NNC(=O)c1ccccc1F. The van der Waals surface area contributed by atoms with Crippen molar-refractivity contribution < 1.29 is 14.0 Å². The van der Waals surface area contributed by atoms with Crippen molar-refractivity contribution in [1.82, 2.24) is 25.6 Å². The maximum absolute atomic E-state index is 13.4. The molecular weight excluding hydrogens is 337 g/mol. The van der Waals surface area contributed by atoms with Crippen LogP contribution in [-0.4, -0.2) is 32.3 Å². The average Bonchev–Trinajstić information content (AvgIpc) is 3.34. The number of H-pyrrole nitrogens is 1. The van der Waals surface area contributed by atoms with Crippen LogP contribution in [-0.2, 0) is 4.79 Å². The number of aromatic nitrogens is 3. The van der Waals surface area contributed by atoms with Crippen LogP contribution in [0.25, 0.3) is 0 Å². The first-order valence-electron chi connectivity index (χ1n) is 7.19. The third-order valence-electron chi connectivity index (χ3n) is 3.35. The molecule has 8 nitrogen and oxygen atoms in total. The number of nitrogens with one attached hydrogen (secondary N) is 3. The quantitative estimate of drug-likeness (QED) is 0.540. The van der Waals surface area contributed by atoms with Gasteiger partial charge in [-0.25, -0.2) is 14.3 Å². The van der Waals surface area contributed by atoms with Gasteiger partial charge < -0.3 is 0 Å². The molecule has 0 unspecified atom stereocenters. The second-order valence-corrected chi connectivity index (χ2v) is 6.13. The zero-order valence-corrected chi connectivity index (χ0v) is 13.2. The van der Waals surface area contributed by atoms with Gasteiger partial charge in [0, 0.05) is 6.04 Å². The molecule has 2 amide bonds. The van der Waals surface area contributed by atoms with Crippen molar-refractivity contribution in [2.24, 2.45) is 0 Å².